The second-order valence-corrected chi connectivity index (χ2v) is 6.72. The Morgan fingerprint density at radius 2 is 2.19 bits per heavy atom. The molecule has 1 aromatic heterocycles. The van der Waals surface area contributed by atoms with Gasteiger partial charge in [-0.05, 0) is 52.4 Å². The van der Waals surface area contributed by atoms with Crippen molar-refractivity contribution in [3.8, 4) is 0 Å². The first-order chi connectivity index (χ1) is 9.97. The van der Waals surface area contributed by atoms with Crippen LogP contribution in [0.15, 0.2) is 18.2 Å². The van der Waals surface area contributed by atoms with Crippen LogP contribution in [0.3, 0.4) is 0 Å². The number of hydrogen-bond donors (Lipinski definition) is 0. The van der Waals surface area contributed by atoms with Gasteiger partial charge in [0.25, 0.3) is 0 Å². The molecular formula is C16H23N3O2. The molecule has 1 atom stereocenters. The molecule has 5 heteroatoms. The molecule has 2 saturated heterocycles. The fourth-order valence-corrected chi connectivity index (χ4v) is 3.22. The molecule has 3 rings (SSSR count). The maximum absolute atomic E-state index is 12.0. The van der Waals surface area contributed by atoms with E-state index in [1.54, 1.807) is 4.90 Å². The van der Waals surface area contributed by atoms with Gasteiger partial charge in [-0.3, -0.25) is 4.90 Å². The quantitative estimate of drug-likeness (QED) is 0.839. The summed E-state index contributed by atoms with van der Waals surface area (Å²) in [5.74, 6) is 1.15. The summed E-state index contributed by atoms with van der Waals surface area (Å²) in [5, 5.41) is 0. The summed E-state index contributed by atoms with van der Waals surface area (Å²) in [6.07, 6.45) is 2.06. The van der Waals surface area contributed by atoms with Crippen molar-refractivity contribution in [2.75, 3.05) is 31.6 Å². The molecule has 1 aromatic rings. The topological polar surface area (TPSA) is 45.7 Å². The number of cyclic esters (lactones) is 1. The second kappa shape index (κ2) is 5.30. The highest BCUT2D eigenvalue weighted by Crippen LogP contribution is 2.31. The summed E-state index contributed by atoms with van der Waals surface area (Å²) in [6.45, 7) is 6.59. The van der Waals surface area contributed by atoms with E-state index in [-0.39, 0.29) is 11.6 Å². The average molecular weight is 289 g/mol. The van der Waals surface area contributed by atoms with Gasteiger partial charge >= 0.3 is 6.09 Å². The van der Waals surface area contributed by atoms with Crippen LogP contribution in [0, 0.1) is 0 Å². The molecule has 0 spiro atoms. The molecule has 2 fully saturated rings. The van der Waals surface area contributed by atoms with Gasteiger partial charge in [0.2, 0.25) is 0 Å². The number of piperidine rings is 1. The number of likely N-dealkylation sites (N-methyl/N-ethyl adjacent to an activating group) is 1. The maximum atomic E-state index is 12.0. The molecule has 0 unspecified atom stereocenters. The van der Waals surface area contributed by atoms with Gasteiger partial charge in [0.1, 0.15) is 12.4 Å². The summed E-state index contributed by atoms with van der Waals surface area (Å²) in [6, 6.07) is 5.96. The number of nitrogens with zero attached hydrogens (tertiary/aromatic N) is 3. The van der Waals surface area contributed by atoms with E-state index < -0.39 is 0 Å². The zero-order chi connectivity index (χ0) is 15.0. The van der Waals surface area contributed by atoms with Crippen LogP contribution in [-0.4, -0.2) is 48.3 Å². The Morgan fingerprint density at radius 3 is 2.86 bits per heavy atom. The molecule has 5 nitrogen and oxygen atoms in total. The van der Waals surface area contributed by atoms with Crippen molar-refractivity contribution in [1.82, 2.24) is 9.88 Å². The Kier molecular flexibility index (Phi) is 3.61. The highest BCUT2D eigenvalue weighted by atomic mass is 16.6. The van der Waals surface area contributed by atoms with Crippen LogP contribution in [0.25, 0.3) is 0 Å². The Balaban J connectivity index is 1.88. The van der Waals surface area contributed by atoms with Gasteiger partial charge in [-0.1, -0.05) is 6.07 Å². The van der Waals surface area contributed by atoms with E-state index in [1.807, 2.05) is 26.0 Å². The van der Waals surface area contributed by atoms with Gasteiger partial charge < -0.3 is 9.64 Å². The highest BCUT2D eigenvalue weighted by Gasteiger charge is 2.41. The fraction of sp³-hybridized carbons (Fsp3) is 0.625. The number of hydrogen-bond acceptors (Lipinski definition) is 4. The monoisotopic (exact) mass is 289 g/mol. The minimum Gasteiger partial charge on any atom is -0.447 e. The molecule has 0 saturated carbocycles. The average Bonchev–Trinajstić information content (AvgIpc) is 2.73. The second-order valence-electron chi connectivity index (χ2n) is 6.72. The van der Waals surface area contributed by atoms with E-state index in [4.69, 9.17) is 9.72 Å². The Morgan fingerprint density at radius 1 is 1.38 bits per heavy atom. The minimum absolute atomic E-state index is 0.301. The Bertz CT molecular complexity index is 544. The SMILES string of the molecule is CN1CCC[C@@H](c2cccc(N3C(=O)OCC3(C)C)n2)C1. The van der Waals surface area contributed by atoms with Crippen LogP contribution in [0.4, 0.5) is 10.6 Å². The number of ether oxygens (including phenoxy) is 1. The lowest BCUT2D eigenvalue weighted by Gasteiger charge is -2.31. The number of carbonyl (C=O) groups excluding carboxylic acids is 1. The van der Waals surface area contributed by atoms with Crippen LogP contribution in [0.1, 0.15) is 38.3 Å². The van der Waals surface area contributed by atoms with E-state index in [0.717, 1.165) is 25.2 Å². The summed E-state index contributed by atoms with van der Waals surface area (Å²) < 4.78 is 5.18. The third-order valence-corrected chi connectivity index (χ3v) is 4.36. The molecule has 2 aliphatic heterocycles. The molecule has 0 aromatic carbocycles. The molecule has 0 bridgehead atoms. The first-order valence-electron chi connectivity index (χ1n) is 7.60. The lowest BCUT2D eigenvalue weighted by Crippen LogP contribution is -2.42. The van der Waals surface area contributed by atoms with E-state index in [1.165, 1.54) is 6.42 Å². The number of aromatic nitrogens is 1. The Labute approximate surface area is 125 Å². The van der Waals surface area contributed by atoms with Crippen molar-refractivity contribution in [3.05, 3.63) is 23.9 Å². The van der Waals surface area contributed by atoms with E-state index in [2.05, 4.69) is 18.0 Å². The van der Waals surface area contributed by atoms with Crippen LogP contribution in [0.2, 0.25) is 0 Å². The fourth-order valence-electron chi connectivity index (χ4n) is 3.22. The summed E-state index contributed by atoms with van der Waals surface area (Å²) >= 11 is 0. The number of anilines is 1. The van der Waals surface area contributed by atoms with Crippen molar-refractivity contribution >= 4 is 11.9 Å². The first-order valence-corrected chi connectivity index (χ1v) is 7.60. The predicted molar refractivity (Wildman–Crippen MR) is 81.6 cm³/mol. The molecule has 114 valence electrons. The zero-order valence-corrected chi connectivity index (χ0v) is 13.0. The molecular weight excluding hydrogens is 266 g/mol. The molecule has 0 aliphatic carbocycles. The third-order valence-electron chi connectivity index (χ3n) is 4.36. The number of pyridine rings is 1. The van der Waals surface area contributed by atoms with Crippen molar-refractivity contribution in [2.45, 2.75) is 38.1 Å². The predicted octanol–water partition coefficient (Wildman–Crippen LogP) is 2.63. The van der Waals surface area contributed by atoms with Crippen molar-refractivity contribution in [2.24, 2.45) is 0 Å². The zero-order valence-electron chi connectivity index (χ0n) is 13.0. The summed E-state index contributed by atoms with van der Waals surface area (Å²) in [5.41, 5.74) is 0.737. The number of likely N-dealkylation sites (tertiary alicyclic amines) is 1. The minimum atomic E-state index is -0.341. The van der Waals surface area contributed by atoms with Gasteiger partial charge in [-0.25, -0.2) is 9.78 Å². The summed E-state index contributed by atoms with van der Waals surface area (Å²) in [4.78, 5) is 20.8. The molecule has 2 aliphatic rings. The van der Waals surface area contributed by atoms with E-state index in [0.29, 0.717) is 18.3 Å². The number of carbonyl (C=O) groups is 1. The van der Waals surface area contributed by atoms with Gasteiger partial charge in [0, 0.05) is 18.2 Å². The largest absolute Gasteiger partial charge is 0.447 e. The Hall–Kier alpha value is -1.62. The van der Waals surface area contributed by atoms with Gasteiger partial charge in [-0.15, -0.1) is 0 Å². The molecule has 3 heterocycles. The number of rotatable bonds is 2. The van der Waals surface area contributed by atoms with Crippen molar-refractivity contribution in [1.29, 1.82) is 0 Å². The normalized spacial score (nSPS) is 26.0. The molecule has 1 amide bonds. The van der Waals surface area contributed by atoms with E-state index >= 15 is 0 Å². The standard InChI is InChI=1S/C16H23N3O2/c1-16(2)11-21-15(20)19(16)14-8-4-7-13(17-14)12-6-5-9-18(3)10-12/h4,7-8,12H,5-6,9-11H2,1-3H3/t12-/m1/s1. The smallest absolute Gasteiger partial charge is 0.416 e. The maximum Gasteiger partial charge on any atom is 0.416 e. The highest BCUT2D eigenvalue weighted by molar-refractivity contribution is 5.90. The lowest BCUT2D eigenvalue weighted by molar-refractivity contribution is 0.175. The van der Waals surface area contributed by atoms with Gasteiger partial charge in [0.15, 0.2) is 0 Å². The van der Waals surface area contributed by atoms with E-state index in [9.17, 15) is 4.79 Å². The number of amides is 1. The van der Waals surface area contributed by atoms with Crippen LogP contribution in [-0.2, 0) is 4.74 Å². The first kappa shape index (κ1) is 14.3. The lowest BCUT2D eigenvalue weighted by atomic mass is 9.94. The molecule has 0 radical (unpaired) electrons. The van der Waals surface area contributed by atoms with Gasteiger partial charge in [0.05, 0.1) is 5.54 Å². The van der Waals surface area contributed by atoms with Crippen LogP contribution < -0.4 is 4.90 Å². The molecule has 0 N–H and O–H groups in total. The summed E-state index contributed by atoms with van der Waals surface area (Å²) in [7, 11) is 2.15. The molecule has 21 heavy (non-hydrogen) atoms. The van der Waals surface area contributed by atoms with Crippen molar-refractivity contribution in [3.63, 3.8) is 0 Å². The third kappa shape index (κ3) is 2.75. The van der Waals surface area contributed by atoms with Crippen LogP contribution >= 0.6 is 0 Å². The van der Waals surface area contributed by atoms with Gasteiger partial charge in [-0.2, -0.15) is 0 Å². The van der Waals surface area contributed by atoms with Crippen molar-refractivity contribution < 1.29 is 9.53 Å². The van der Waals surface area contributed by atoms with Crippen LogP contribution in [0.5, 0.6) is 0 Å².